The summed E-state index contributed by atoms with van der Waals surface area (Å²) in [5.74, 6) is 0. The average molecular weight is 245 g/mol. The van der Waals surface area contributed by atoms with Crippen LogP contribution in [-0.2, 0) is 4.74 Å². The van der Waals surface area contributed by atoms with Crippen LogP contribution in [0.25, 0.3) is 0 Å². The van der Waals surface area contributed by atoms with E-state index in [-0.39, 0.29) is 0 Å². The van der Waals surface area contributed by atoms with Crippen LogP contribution in [0.15, 0.2) is 0 Å². The quantitative estimate of drug-likeness (QED) is 0.709. The Morgan fingerprint density at radius 3 is 2.44 bits per heavy atom. The molecule has 0 aliphatic carbocycles. The van der Waals surface area contributed by atoms with Gasteiger partial charge in [-0.2, -0.15) is 0 Å². The number of morpholine rings is 1. The van der Waals surface area contributed by atoms with Crippen molar-refractivity contribution in [3.63, 3.8) is 0 Å². The zero-order chi connectivity index (χ0) is 12.0. The van der Waals surface area contributed by atoms with E-state index in [2.05, 4.69) is 36.3 Å². The first-order chi connectivity index (χ1) is 7.58. The van der Waals surface area contributed by atoms with E-state index in [4.69, 9.17) is 17.0 Å². The molecular formula is C11H23N3OS. The van der Waals surface area contributed by atoms with Gasteiger partial charge in [0.1, 0.15) is 0 Å². The smallest absolute Gasteiger partial charge is 0.166 e. The van der Waals surface area contributed by atoms with E-state index < -0.39 is 0 Å². The molecule has 0 radical (unpaired) electrons. The van der Waals surface area contributed by atoms with Crippen LogP contribution in [0, 0.1) is 0 Å². The standard InChI is InChI=1S/C11H23N3OS/c1-9(2)12-11(16)13-10(3)8-14-4-6-15-7-5-14/h9-10H,4-8H2,1-3H3,(H2,12,13,16). The van der Waals surface area contributed by atoms with Crippen LogP contribution in [0.5, 0.6) is 0 Å². The second-order valence-corrected chi connectivity index (χ2v) is 4.99. The van der Waals surface area contributed by atoms with E-state index in [1.165, 1.54) is 0 Å². The summed E-state index contributed by atoms with van der Waals surface area (Å²) in [6.45, 7) is 11.1. The van der Waals surface area contributed by atoms with E-state index >= 15 is 0 Å². The molecule has 0 saturated carbocycles. The van der Waals surface area contributed by atoms with E-state index in [0.29, 0.717) is 12.1 Å². The lowest BCUT2D eigenvalue weighted by molar-refractivity contribution is 0.0352. The maximum absolute atomic E-state index is 5.31. The molecule has 1 saturated heterocycles. The highest BCUT2D eigenvalue weighted by molar-refractivity contribution is 7.80. The van der Waals surface area contributed by atoms with Crippen LogP contribution in [0.2, 0.25) is 0 Å². The van der Waals surface area contributed by atoms with Crippen LogP contribution < -0.4 is 10.6 Å². The topological polar surface area (TPSA) is 36.5 Å². The molecule has 1 unspecified atom stereocenters. The van der Waals surface area contributed by atoms with Crippen molar-refractivity contribution >= 4 is 17.3 Å². The molecule has 1 heterocycles. The second-order valence-electron chi connectivity index (χ2n) is 4.59. The molecule has 0 aromatic carbocycles. The summed E-state index contributed by atoms with van der Waals surface area (Å²) in [7, 11) is 0. The first-order valence-electron chi connectivity index (χ1n) is 5.95. The van der Waals surface area contributed by atoms with E-state index in [0.717, 1.165) is 38.0 Å². The fourth-order valence-electron chi connectivity index (χ4n) is 1.74. The van der Waals surface area contributed by atoms with Crippen LogP contribution in [0.4, 0.5) is 0 Å². The highest BCUT2D eigenvalue weighted by Crippen LogP contribution is 1.98. The monoisotopic (exact) mass is 245 g/mol. The Morgan fingerprint density at radius 1 is 1.25 bits per heavy atom. The van der Waals surface area contributed by atoms with Crippen LogP contribution >= 0.6 is 12.2 Å². The Kier molecular flexibility index (Phi) is 6.01. The lowest BCUT2D eigenvalue weighted by Crippen LogP contribution is -2.49. The minimum absolute atomic E-state index is 0.372. The molecule has 94 valence electrons. The number of hydrogen-bond donors (Lipinski definition) is 2. The Balaban J connectivity index is 2.18. The largest absolute Gasteiger partial charge is 0.379 e. The van der Waals surface area contributed by atoms with Gasteiger partial charge in [0.25, 0.3) is 0 Å². The van der Waals surface area contributed by atoms with Crippen molar-refractivity contribution in [2.75, 3.05) is 32.8 Å². The van der Waals surface area contributed by atoms with Crippen LogP contribution in [-0.4, -0.2) is 54.9 Å². The van der Waals surface area contributed by atoms with Gasteiger partial charge in [-0.05, 0) is 33.0 Å². The van der Waals surface area contributed by atoms with Crippen molar-refractivity contribution in [2.45, 2.75) is 32.9 Å². The van der Waals surface area contributed by atoms with E-state index in [1.807, 2.05) is 0 Å². The Labute approximate surface area is 104 Å². The lowest BCUT2D eigenvalue weighted by atomic mass is 10.3. The number of ether oxygens (including phenoxy) is 1. The van der Waals surface area contributed by atoms with Gasteiger partial charge in [-0.15, -0.1) is 0 Å². The van der Waals surface area contributed by atoms with Crippen LogP contribution in [0.1, 0.15) is 20.8 Å². The number of nitrogens with zero attached hydrogens (tertiary/aromatic N) is 1. The summed E-state index contributed by atoms with van der Waals surface area (Å²) >= 11 is 5.21. The first-order valence-corrected chi connectivity index (χ1v) is 6.36. The van der Waals surface area contributed by atoms with E-state index in [1.54, 1.807) is 0 Å². The molecule has 0 aromatic heterocycles. The molecule has 0 bridgehead atoms. The zero-order valence-electron chi connectivity index (χ0n) is 10.5. The third kappa shape index (κ3) is 5.63. The van der Waals surface area contributed by atoms with Gasteiger partial charge in [-0.1, -0.05) is 0 Å². The molecule has 1 aliphatic rings. The summed E-state index contributed by atoms with van der Waals surface area (Å²) < 4.78 is 5.31. The highest BCUT2D eigenvalue weighted by atomic mass is 32.1. The van der Waals surface area contributed by atoms with Crippen molar-refractivity contribution in [3.05, 3.63) is 0 Å². The summed E-state index contributed by atoms with van der Waals surface area (Å²) in [5, 5.41) is 7.23. The van der Waals surface area contributed by atoms with Crippen molar-refractivity contribution in [2.24, 2.45) is 0 Å². The van der Waals surface area contributed by atoms with Crippen molar-refractivity contribution < 1.29 is 4.74 Å². The minimum atomic E-state index is 0.372. The molecule has 0 amide bonds. The third-order valence-corrected chi connectivity index (χ3v) is 2.67. The molecule has 4 nitrogen and oxygen atoms in total. The molecule has 0 spiro atoms. The molecular weight excluding hydrogens is 222 g/mol. The fraction of sp³-hybridized carbons (Fsp3) is 0.909. The summed E-state index contributed by atoms with van der Waals surface area (Å²) in [6.07, 6.45) is 0. The number of nitrogens with one attached hydrogen (secondary N) is 2. The molecule has 5 heteroatoms. The van der Waals surface area contributed by atoms with E-state index in [9.17, 15) is 0 Å². The fourth-order valence-corrected chi connectivity index (χ4v) is 2.18. The number of hydrogen-bond acceptors (Lipinski definition) is 3. The molecule has 0 aromatic rings. The molecule has 16 heavy (non-hydrogen) atoms. The molecule has 1 rings (SSSR count). The highest BCUT2D eigenvalue weighted by Gasteiger charge is 2.14. The molecule has 1 atom stereocenters. The number of thiocarbonyl (C=S) groups is 1. The maximum atomic E-state index is 5.31. The minimum Gasteiger partial charge on any atom is -0.379 e. The average Bonchev–Trinajstić information content (AvgIpc) is 2.17. The Hall–Kier alpha value is -0.390. The van der Waals surface area contributed by atoms with Gasteiger partial charge in [0.2, 0.25) is 0 Å². The zero-order valence-corrected chi connectivity index (χ0v) is 11.3. The van der Waals surface area contributed by atoms with Gasteiger partial charge in [0.05, 0.1) is 13.2 Å². The molecule has 2 N–H and O–H groups in total. The number of rotatable bonds is 4. The predicted octanol–water partition coefficient (Wildman–Crippen LogP) is 0.580. The Morgan fingerprint density at radius 2 is 1.88 bits per heavy atom. The van der Waals surface area contributed by atoms with Crippen LogP contribution in [0.3, 0.4) is 0 Å². The Bertz CT molecular complexity index is 217. The van der Waals surface area contributed by atoms with Gasteiger partial charge in [0, 0.05) is 31.7 Å². The predicted molar refractivity (Wildman–Crippen MR) is 70.7 cm³/mol. The first kappa shape index (κ1) is 13.7. The van der Waals surface area contributed by atoms with Gasteiger partial charge < -0.3 is 15.4 Å². The maximum Gasteiger partial charge on any atom is 0.166 e. The van der Waals surface area contributed by atoms with Crippen molar-refractivity contribution in [1.82, 2.24) is 15.5 Å². The molecule has 1 aliphatic heterocycles. The summed E-state index contributed by atoms with van der Waals surface area (Å²) in [4.78, 5) is 2.40. The summed E-state index contributed by atoms with van der Waals surface area (Å²) in [5.41, 5.74) is 0. The SMILES string of the molecule is CC(C)NC(=S)NC(C)CN1CCOCC1. The second kappa shape index (κ2) is 7.04. The summed E-state index contributed by atoms with van der Waals surface area (Å²) in [6, 6.07) is 0.757. The van der Waals surface area contributed by atoms with Gasteiger partial charge in [-0.25, -0.2) is 0 Å². The van der Waals surface area contributed by atoms with Crippen molar-refractivity contribution in [1.29, 1.82) is 0 Å². The molecule has 1 fully saturated rings. The van der Waals surface area contributed by atoms with Gasteiger partial charge >= 0.3 is 0 Å². The normalized spacial score (nSPS) is 19.5. The van der Waals surface area contributed by atoms with Gasteiger partial charge in [-0.3, -0.25) is 4.90 Å². The van der Waals surface area contributed by atoms with Gasteiger partial charge in [0.15, 0.2) is 5.11 Å². The van der Waals surface area contributed by atoms with Crippen molar-refractivity contribution in [3.8, 4) is 0 Å². The third-order valence-electron chi connectivity index (χ3n) is 2.43. The lowest BCUT2D eigenvalue weighted by Gasteiger charge is -2.30.